The Morgan fingerprint density at radius 1 is 1.41 bits per heavy atom. The molecule has 0 N–H and O–H groups in total. The summed E-state index contributed by atoms with van der Waals surface area (Å²) in [6, 6.07) is 3.59. The van der Waals surface area contributed by atoms with Crippen molar-refractivity contribution in [3.8, 4) is 11.4 Å². The van der Waals surface area contributed by atoms with Crippen molar-refractivity contribution in [1.82, 2.24) is 19.7 Å². The van der Waals surface area contributed by atoms with Crippen molar-refractivity contribution >= 4 is 11.6 Å². The molecule has 0 aliphatic carbocycles. The largest absolute Gasteiger partial charge is 0.374 e. The first-order chi connectivity index (χ1) is 8.11. The standard InChI is InChI=1S/C11H13ClN4O/c1-7(17-3)11-14-8(6-10(12)15-11)9-4-5-13-16(9)2/h4-7H,1-3H3. The van der Waals surface area contributed by atoms with Crippen LogP contribution in [0.3, 0.4) is 0 Å². The van der Waals surface area contributed by atoms with Crippen molar-refractivity contribution in [2.24, 2.45) is 7.05 Å². The van der Waals surface area contributed by atoms with E-state index in [9.17, 15) is 0 Å². The van der Waals surface area contributed by atoms with E-state index >= 15 is 0 Å². The van der Waals surface area contributed by atoms with Crippen LogP contribution in [0.2, 0.25) is 5.15 Å². The molecular formula is C11H13ClN4O. The second-order valence-corrected chi connectivity index (χ2v) is 4.04. The monoisotopic (exact) mass is 252 g/mol. The van der Waals surface area contributed by atoms with Gasteiger partial charge >= 0.3 is 0 Å². The molecule has 5 nitrogen and oxygen atoms in total. The lowest BCUT2D eigenvalue weighted by Crippen LogP contribution is -2.05. The maximum atomic E-state index is 5.98. The number of hydrogen-bond acceptors (Lipinski definition) is 4. The van der Waals surface area contributed by atoms with Gasteiger partial charge in [0.25, 0.3) is 0 Å². The molecule has 0 amide bonds. The van der Waals surface area contributed by atoms with E-state index in [4.69, 9.17) is 16.3 Å². The van der Waals surface area contributed by atoms with Crippen molar-refractivity contribution in [2.75, 3.05) is 7.11 Å². The van der Waals surface area contributed by atoms with Crippen LogP contribution in [0.4, 0.5) is 0 Å². The van der Waals surface area contributed by atoms with Gasteiger partial charge in [0.15, 0.2) is 5.82 Å². The molecule has 0 saturated carbocycles. The number of halogens is 1. The minimum absolute atomic E-state index is 0.194. The molecule has 90 valence electrons. The van der Waals surface area contributed by atoms with Crippen LogP contribution in [-0.2, 0) is 11.8 Å². The smallest absolute Gasteiger partial charge is 0.159 e. The van der Waals surface area contributed by atoms with Gasteiger partial charge in [0, 0.05) is 26.4 Å². The normalized spacial score (nSPS) is 12.7. The average molecular weight is 253 g/mol. The summed E-state index contributed by atoms with van der Waals surface area (Å²) >= 11 is 5.98. The van der Waals surface area contributed by atoms with E-state index in [1.54, 1.807) is 24.1 Å². The quantitative estimate of drug-likeness (QED) is 0.786. The van der Waals surface area contributed by atoms with Crippen molar-refractivity contribution < 1.29 is 4.74 Å². The maximum absolute atomic E-state index is 5.98. The van der Waals surface area contributed by atoms with E-state index in [-0.39, 0.29) is 6.10 Å². The van der Waals surface area contributed by atoms with Gasteiger partial charge in [0.05, 0.1) is 11.4 Å². The molecule has 0 radical (unpaired) electrons. The molecule has 0 saturated heterocycles. The van der Waals surface area contributed by atoms with Crippen LogP contribution in [0.1, 0.15) is 18.9 Å². The number of nitrogens with zero attached hydrogens (tertiary/aromatic N) is 4. The Morgan fingerprint density at radius 2 is 2.18 bits per heavy atom. The fourth-order valence-electron chi connectivity index (χ4n) is 1.48. The van der Waals surface area contributed by atoms with Gasteiger partial charge < -0.3 is 4.74 Å². The third kappa shape index (κ3) is 2.45. The zero-order chi connectivity index (χ0) is 12.4. The van der Waals surface area contributed by atoms with Crippen LogP contribution >= 0.6 is 11.6 Å². The molecule has 1 atom stereocenters. The van der Waals surface area contributed by atoms with Crippen LogP contribution in [0.5, 0.6) is 0 Å². The molecule has 0 spiro atoms. The summed E-state index contributed by atoms with van der Waals surface area (Å²) in [6.45, 7) is 1.87. The van der Waals surface area contributed by atoms with Crippen molar-refractivity contribution in [3.63, 3.8) is 0 Å². The molecule has 1 unspecified atom stereocenters. The molecule has 17 heavy (non-hydrogen) atoms. The summed E-state index contributed by atoms with van der Waals surface area (Å²) in [7, 11) is 3.46. The second-order valence-electron chi connectivity index (χ2n) is 3.65. The van der Waals surface area contributed by atoms with Crippen molar-refractivity contribution in [1.29, 1.82) is 0 Å². The predicted molar refractivity (Wildman–Crippen MR) is 64.7 cm³/mol. The van der Waals surface area contributed by atoms with Crippen LogP contribution in [0.25, 0.3) is 11.4 Å². The zero-order valence-corrected chi connectivity index (χ0v) is 10.6. The topological polar surface area (TPSA) is 52.8 Å². The van der Waals surface area contributed by atoms with Crippen molar-refractivity contribution in [3.05, 3.63) is 29.3 Å². The van der Waals surface area contributed by atoms with Crippen molar-refractivity contribution in [2.45, 2.75) is 13.0 Å². The van der Waals surface area contributed by atoms with Crippen LogP contribution < -0.4 is 0 Å². The summed E-state index contributed by atoms with van der Waals surface area (Å²) in [5.41, 5.74) is 1.63. The number of rotatable bonds is 3. The predicted octanol–water partition coefficient (Wildman–Crippen LogP) is 2.24. The number of methoxy groups -OCH3 is 1. The van der Waals surface area contributed by atoms with E-state index in [0.29, 0.717) is 11.0 Å². The van der Waals surface area contributed by atoms with Gasteiger partial charge in [0.2, 0.25) is 0 Å². The first kappa shape index (κ1) is 12.0. The Bertz CT molecular complexity index is 526. The Kier molecular flexibility index (Phi) is 3.40. The average Bonchev–Trinajstić information content (AvgIpc) is 2.73. The Hall–Kier alpha value is -1.46. The number of aromatic nitrogens is 4. The Morgan fingerprint density at radius 3 is 2.76 bits per heavy atom. The van der Waals surface area contributed by atoms with Crippen LogP contribution in [-0.4, -0.2) is 26.9 Å². The highest BCUT2D eigenvalue weighted by Gasteiger charge is 2.12. The summed E-state index contributed by atoms with van der Waals surface area (Å²) < 4.78 is 6.92. The maximum Gasteiger partial charge on any atom is 0.159 e. The lowest BCUT2D eigenvalue weighted by molar-refractivity contribution is 0.112. The van der Waals surface area contributed by atoms with E-state index in [1.807, 2.05) is 20.0 Å². The summed E-state index contributed by atoms with van der Waals surface area (Å²) in [5.74, 6) is 0.566. The van der Waals surface area contributed by atoms with Crippen LogP contribution in [0, 0.1) is 0 Å². The molecule has 0 fully saturated rings. The molecule has 6 heteroatoms. The van der Waals surface area contributed by atoms with Gasteiger partial charge in [-0.15, -0.1) is 0 Å². The van der Waals surface area contributed by atoms with Gasteiger partial charge in [-0.25, -0.2) is 9.97 Å². The van der Waals surface area contributed by atoms with Gasteiger partial charge in [-0.05, 0) is 13.0 Å². The minimum atomic E-state index is -0.194. The fraction of sp³-hybridized carbons (Fsp3) is 0.364. The molecule has 0 aromatic carbocycles. The van der Waals surface area contributed by atoms with E-state index in [0.717, 1.165) is 11.4 Å². The molecule has 2 aromatic rings. The van der Waals surface area contributed by atoms with E-state index < -0.39 is 0 Å². The van der Waals surface area contributed by atoms with Crippen LogP contribution in [0.15, 0.2) is 18.3 Å². The van der Waals surface area contributed by atoms with Gasteiger partial charge in [-0.3, -0.25) is 4.68 Å². The highest BCUT2D eigenvalue weighted by atomic mass is 35.5. The molecule has 0 bridgehead atoms. The minimum Gasteiger partial charge on any atom is -0.374 e. The van der Waals surface area contributed by atoms with E-state index in [1.165, 1.54) is 0 Å². The van der Waals surface area contributed by atoms with Gasteiger partial charge in [0.1, 0.15) is 11.3 Å². The number of ether oxygens (including phenoxy) is 1. The molecule has 2 aromatic heterocycles. The zero-order valence-electron chi connectivity index (χ0n) is 9.88. The summed E-state index contributed by atoms with van der Waals surface area (Å²) in [5, 5.41) is 4.50. The first-order valence-corrected chi connectivity index (χ1v) is 5.55. The SMILES string of the molecule is COC(C)c1nc(Cl)cc(-c2ccnn2C)n1. The lowest BCUT2D eigenvalue weighted by Gasteiger charge is -2.10. The Labute approximate surface area is 104 Å². The van der Waals surface area contributed by atoms with Gasteiger partial charge in [-0.1, -0.05) is 11.6 Å². The first-order valence-electron chi connectivity index (χ1n) is 5.17. The number of hydrogen-bond donors (Lipinski definition) is 0. The molecule has 2 rings (SSSR count). The highest BCUT2D eigenvalue weighted by molar-refractivity contribution is 6.29. The third-order valence-electron chi connectivity index (χ3n) is 2.51. The molecule has 0 aliphatic heterocycles. The number of aryl methyl sites for hydroxylation is 1. The van der Waals surface area contributed by atoms with E-state index in [2.05, 4.69) is 15.1 Å². The lowest BCUT2D eigenvalue weighted by atomic mass is 10.3. The molecule has 0 aliphatic rings. The molecular weight excluding hydrogens is 240 g/mol. The molecule has 2 heterocycles. The highest BCUT2D eigenvalue weighted by Crippen LogP contribution is 2.22. The van der Waals surface area contributed by atoms with Gasteiger partial charge in [-0.2, -0.15) is 5.10 Å². The second kappa shape index (κ2) is 4.81. The summed E-state index contributed by atoms with van der Waals surface area (Å²) in [6.07, 6.45) is 1.52. The Balaban J connectivity index is 2.49. The summed E-state index contributed by atoms with van der Waals surface area (Å²) in [4.78, 5) is 8.57. The third-order valence-corrected chi connectivity index (χ3v) is 2.71. The fourth-order valence-corrected chi connectivity index (χ4v) is 1.67.